The van der Waals surface area contributed by atoms with Crippen LogP contribution in [0.25, 0.3) is 10.8 Å². The van der Waals surface area contributed by atoms with Gasteiger partial charge in [0, 0.05) is 16.8 Å². The predicted octanol–water partition coefficient (Wildman–Crippen LogP) is 7.20. The monoisotopic (exact) mass is 535 g/mol. The molecular weight excluding hydrogens is 511 g/mol. The molecule has 194 valence electrons. The lowest BCUT2D eigenvalue weighted by atomic mass is 10.0. The maximum Gasteiger partial charge on any atom is 0.573 e. The Kier molecular flexibility index (Phi) is 6.81. The highest BCUT2D eigenvalue weighted by atomic mass is 32.1. The number of halogens is 3. The molecule has 0 unspecified atom stereocenters. The van der Waals surface area contributed by atoms with Crippen LogP contribution in [0.3, 0.4) is 0 Å². The molecule has 3 N–H and O–H groups in total. The molecule has 0 atom stereocenters. The Labute approximate surface area is 223 Å². The zero-order valence-electron chi connectivity index (χ0n) is 20.6. The van der Waals surface area contributed by atoms with Crippen molar-refractivity contribution in [1.82, 2.24) is 5.43 Å². The van der Waals surface area contributed by atoms with Crippen molar-refractivity contribution in [3.05, 3.63) is 89.5 Å². The van der Waals surface area contributed by atoms with E-state index in [1.165, 1.54) is 17.7 Å². The van der Waals surface area contributed by atoms with Gasteiger partial charge in [0.1, 0.15) is 5.75 Å². The third-order valence-electron chi connectivity index (χ3n) is 6.12. The van der Waals surface area contributed by atoms with Gasteiger partial charge in [-0.05, 0) is 85.0 Å². The first-order chi connectivity index (χ1) is 18.2. The summed E-state index contributed by atoms with van der Waals surface area (Å²) in [6.07, 6.45) is -3.02. The van der Waals surface area contributed by atoms with Crippen LogP contribution in [0.2, 0.25) is 0 Å². The average Bonchev–Trinajstić information content (AvgIpc) is 3.30. The Morgan fingerprint density at radius 1 is 1.03 bits per heavy atom. The number of alkyl halides is 3. The quantitative estimate of drug-likeness (QED) is 0.143. The zero-order chi connectivity index (χ0) is 26.9. The average molecular weight is 536 g/mol. The zero-order valence-corrected chi connectivity index (χ0v) is 21.4. The van der Waals surface area contributed by atoms with Crippen molar-refractivity contribution in [2.45, 2.75) is 20.2 Å². The second kappa shape index (κ2) is 10.2. The number of benzene rings is 4. The lowest BCUT2D eigenvalue weighted by Crippen LogP contribution is -2.24. The van der Waals surface area contributed by atoms with E-state index in [4.69, 9.17) is 12.2 Å². The maximum atomic E-state index is 12.5. The lowest BCUT2D eigenvalue weighted by molar-refractivity contribution is -0.274. The van der Waals surface area contributed by atoms with Gasteiger partial charge in [-0.25, -0.2) is 0 Å². The smallest absolute Gasteiger partial charge is 0.406 e. The van der Waals surface area contributed by atoms with E-state index in [1.807, 2.05) is 61.2 Å². The number of nitrogens with one attached hydrogen (secondary N) is 3. The van der Waals surface area contributed by atoms with Crippen LogP contribution < -0.4 is 25.7 Å². The van der Waals surface area contributed by atoms with E-state index >= 15 is 0 Å². The molecule has 1 aliphatic heterocycles. The summed E-state index contributed by atoms with van der Waals surface area (Å²) in [5, 5.41) is 13.3. The molecule has 4 aromatic carbocycles. The number of ether oxygens (including phenoxy) is 1. The fourth-order valence-electron chi connectivity index (χ4n) is 4.40. The van der Waals surface area contributed by atoms with Crippen LogP contribution in [-0.4, -0.2) is 24.4 Å². The van der Waals surface area contributed by atoms with Crippen molar-refractivity contribution in [2.24, 2.45) is 5.10 Å². The van der Waals surface area contributed by atoms with E-state index in [0.29, 0.717) is 11.8 Å². The third kappa shape index (κ3) is 5.65. The van der Waals surface area contributed by atoms with Gasteiger partial charge >= 0.3 is 6.36 Å². The standard InChI is InChI=1S/C28H24F3N5OS/c1-17-3-11-24(18(2)13-17)34-27(38)35-33-15-19-4-10-23-20(14-19)5-12-25-26(23)32-16-36(25)21-6-8-22(9-7-21)37-28(29,30)31/h3-15,32H,16H2,1-2H3,(H2,34,35,38)/b33-15+. The largest absolute Gasteiger partial charge is 0.573 e. The number of hydrogen-bond donors (Lipinski definition) is 3. The second-order valence-electron chi connectivity index (χ2n) is 8.89. The number of thiocarbonyl (C=S) groups is 1. The molecule has 0 spiro atoms. The normalized spacial score (nSPS) is 12.9. The Morgan fingerprint density at radius 2 is 1.82 bits per heavy atom. The molecule has 5 rings (SSSR count). The number of hydrazone groups is 1. The molecule has 10 heteroatoms. The van der Waals surface area contributed by atoms with E-state index in [0.717, 1.165) is 44.6 Å². The highest BCUT2D eigenvalue weighted by molar-refractivity contribution is 7.80. The molecule has 6 nitrogen and oxygen atoms in total. The van der Waals surface area contributed by atoms with E-state index in [-0.39, 0.29) is 5.75 Å². The highest BCUT2D eigenvalue weighted by Gasteiger charge is 2.31. The third-order valence-corrected chi connectivity index (χ3v) is 6.31. The number of hydrogen-bond acceptors (Lipinski definition) is 5. The number of anilines is 4. The second-order valence-corrected chi connectivity index (χ2v) is 9.30. The van der Waals surface area contributed by atoms with Crippen LogP contribution in [0.4, 0.5) is 35.9 Å². The van der Waals surface area contributed by atoms with Crippen molar-refractivity contribution in [3.8, 4) is 5.75 Å². The van der Waals surface area contributed by atoms with Crippen molar-refractivity contribution in [1.29, 1.82) is 0 Å². The van der Waals surface area contributed by atoms with Gasteiger partial charge in [0.05, 0.1) is 24.3 Å². The molecule has 1 aliphatic rings. The van der Waals surface area contributed by atoms with Gasteiger partial charge in [-0.2, -0.15) is 5.10 Å². The van der Waals surface area contributed by atoms with Crippen molar-refractivity contribution >= 4 is 57.1 Å². The Morgan fingerprint density at radius 3 is 2.55 bits per heavy atom. The lowest BCUT2D eigenvalue weighted by Gasteiger charge is -2.19. The Hall–Kier alpha value is -4.31. The highest BCUT2D eigenvalue weighted by Crippen LogP contribution is 2.42. The van der Waals surface area contributed by atoms with E-state index in [2.05, 4.69) is 32.0 Å². The van der Waals surface area contributed by atoms with Gasteiger partial charge in [-0.15, -0.1) is 13.2 Å². The number of aryl methyl sites for hydroxylation is 2. The molecule has 0 aromatic heterocycles. The molecule has 1 heterocycles. The van der Waals surface area contributed by atoms with Crippen LogP contribution in [0.1, 0.15) is 16.7 Å². The van der Waals surface area contributed by atoms with Gasteiger partial charge < -0.3 is 20.3 Å². The Balaban J connectivity index is 1.27. The Bertz CT molecular complexity index is 1540. The summed E-state index contributed by atoms with van der Waals surface area (Å²) >= 11 is 5.35. The van der Waals surface area contributed by atoms with Crippen molar-refractivity contribution in [2.75, 3.05) is 22.2 Å². The van der Waals surface area contributed by atoms with Gasteiger partial charge in [0.15, 0.2) is 5.11 Å². The van der Waals surface area contributed by atoms with Crippen LogP contribution in [-0.2, 0) is 0 Å². The van der Waals surface area contributed by atoms with E-state index in [1.54, 1.807) is 18.3 Å². The first-order valence-corrected chi connectivity index (χ1v) is 12.2. The first-order valence-electron chi connectivity index (χ1n) is 11.8. The van der Waals surface area contributed by atoms with Crippen molar-refractivity contribution in [3.63, 3.8) is 0 Å². The summed E-state index contributed by atoms with van der Waals surface area (Å²) < 4.78 is 41.4. The molecule has 0 fully saturated rings. The molecule has 38 heavy (non-hydrogen) atoms. The fraction of sp³-hybridized carbons (Fsp3) is 0.143. The summed E-state index contributed by atoms with van der Waals surface area (Å²) in [5.74, 6) is -0.252. The molecule has 4 aromatic rings. The summed E-state index contributed by atoms with van der Waals surface area (Å²) in [4.78, 5) is 2.00. The molecule has 0 aliphatic carbocycles. The van der Waals surface area contributed by atoms with E-state index < -0.39 is 6.36 Å². The number of nitrogens with zero attached hydrogens (tertiary/aromatic N) is 2. The minimum Gasteiger partial charge on any atom is -0.406 e. The maximum absolute atomic E-state index is 12.5. The minimum atomic E-state index is -4.72. The molecular formula is C28H24F3N5OS. The molecule has 0 saturated carbocycles. The number of rotatable bonds is 5. The van der Waals surface area contributed by atoms with Gasteiger partial charge in [-0.3, -0.25) is 5.43 Å². The minimum absolute atomic E-state index is 0.252. The summed E-state index contributed by atoms with van der Waals surface area (Å²) in [5.41, 5.74) is 9.61. The molecule has 0 radical (unpaired) electrons. The van der Waals surface area contributed by atoms with Crippen LogP contribution in [0.15, 0.2) is 77.9 Å². The first kappa shape index (κ1) is 25.3. The van der Waals surface area contributed by atoms with Crippen LogP contribution >= 0.6 is 12.2 Å². The molecule has 0 bridgehead atoms. The van der Waals surface area contributed by atoms with Gasteiger partial charge in [0.25, 0.3) is 0 Å². The SMILES string of the molecule is Cc1ccc(NC(=S)N/N=C/c2ccc3c4c(ccc3c2)N(c2ccc(OC(F)(F)F)cc2)CN4)c(C)c1. The predicted molar refractivity (Wildman–Crippen MR) is 151 cm³/mol. The van der Waals surface area contributed by atoms with E-state index in [9.17, 15) is 13.2 Å². The topological polar surface area (TPSA) is 60.9 Å². The molecule has 0 amide bonds. The molecule has 0 saturated heterocycles. The summed E-state index contributed by atoms with van der Waals surface area (Å²) in [7, 11) is 0. The summed E-state index contributed by atoms with van der Waals surface area (Å²) in [6.45, 7) is 4.55. The number of fused-ring (bicyclic) bond motifs is 3. The van der Waals surface area contributed by atoms with Crippen molar-refractivity contribution < 1.29 is 17.9 Å². The van der Waals surface area contributed by atoms with Gasteiger partial charge in [-0.1, -0.05) is 35.9 Å². The van der Waals surface area contributed by atoms with Gasteiger partial charge in [0.2, 0.25) is 0 Å². The van der Waals surface area contributed by atoms with Crippen LogP contribution in [0.5, 0.6) is 5.75 Å². The fourth-order valence-corrected chi connectivity index (χ4v) is 4.56. The van der Waals surface area contributed by atoms with Crippen LogP contribution in [0, 0.1) is 13.8 Å². The summed E-state index contributed by atoms with van der Waals surface area (Å²) in [6, 6.07) is 21.9.